The first-order chi connectivity index (χ1) is 2.00. The summed E-state index contributed by atoms with van der Waals surface area (Å²) in [6.07, 6.45) is 0. The first-order valence-electron chi connectivity index (χ1n) is 0.676. The number of quaternary nitrogens is 1. The lowest BCUT2D eigenvalue weighted by molar-refractivity contribution is -1.36. The molecule has 2 nitrogen and oxygen atoms in total. The largest absolute Gasteiger partial charge is 1.00 e. The van der Waals surface area contributed by atoms with Crippen molar-refractivity contribution in [2.45, 2.75) is 0 Å². The van der Waals surface area contributed by atoms with Crippen molar-refractivity contribution < 1.29 is 42.1 Å². The average Bonchev–Trinajstić information content (AvgIpc) is 0.722. The van der Waals surface area contributed by atoms with Gasteiger partial charge in [0.2, 0.25) is 0 Å². The van der Waals surface area contributed by atoms with E-state index in [1.54, 1.807) is 0 Å². The van der Waals surface area contributed by atoms with E-state index in [1.165, 1.54) is 0 Å². The van der Waals surface area contributed by atoms with Gasteiger partial charge < -0.3 is 10.9 Å². The SMILES string of the molecule is F.F.F.F[N+](F)(F)F.N.[F-]. The quantitative estimate of drug-likeness (QED) is 0.380. The summed E-state index contributed by atoms with van der Waals surface area (Å²) in [6.45, 7) is 0. The summed E-state index contributed by atoms with van der Waals surface area (Å²) in [5.74, 6) is 0. The molecule has 0 amide bonds. The maximum atomic E-state index is 9.62. The molecule has 0 unspecified atom stereocenters. The minimum atomic E-state index is -5.00. The Labute approximate surface area is 49.8 Å². The molecule has 0 rings (SSSR count). The normalized spacial score (nSPS) is 6.00. The van der Waals surface area contributed by atoms with E-state index in [0.29, 0.717) is 0 Å². The molecule has 0 aromatic rings. The van der Waals surface area contributed by atoms with Crippen LogP contribution >= 0.6 is 0 Å². The fourth-order valence-corrected chi connectivity index (χ4v) is 0. The highest BCUT2D eigenvalue weighted by Gasteiger charge is 2.30. The number of halogens is 8. The lowest BCUT2D eigenvalue weighted by Crippen LogP contribution is -3.00. The molecule has 3 N–H and O–H groups in total. The van der Waals surface area contributed by atoms with E-state index in [-0.39, 0.29) is 25.0 Å². The van der Waals surface area contributed by atoms with Crippen LogP contribution in [0, 0.1) is 0 Å². The Morgan fingerprint density at radius 3 is 0.700 bits per heavy atom. The van der Waals surface area contributed by atoms with Crippen LogP contribution in [0.5, 0.6) is 0 Å². The predicted molar refractivity (Wildman–Crippen MR) is 17.2 cm³/mol. The number of hydrogen-bond donors (Lipinski definition) is 1. The Bertz CT molecular complexity index is 22.7. The van der Waals surface area contributed by atoms with Crippen molar-refractivity contribution in [2.24, 2.45) is 0 Å². The van der Waals surface area contributed by atoms with Gasteiger partial charge in [-0.25, -0.2) is 0 Å². The van der Waals surface area contributed by atoms with Crippen LogP contribution in [0.1, 0.15) is 0 Å². The summed E-state index contributed by atoms with van der Waals surface area (Å²) in [5, 5.41) is -5.00. The van der Waals surface area contributed by atoms with Crippen molar-refractivity contribution in [2.75, 3.05) is 0 Å². The van der Waals surface area contributed by atoms with Gasteiger partial charge >= 0.3 is 5.37 Å². The Hall–Kier alpha value is -0.640. The van der Waals surface area contributed by atoms with Gasteiger partial charge in [0, 0.05) is 0 Å². The molecule has 0 bridgehead atoms. The highest BCUT2D eigenvalue weighted by molar-refractivity contribution is 2.73. The fourth-order valence-electron chi connectivity index (χ4n) is 0. The summed E-state index contributed by atoms with van der Waals surface area (Å²) in [5.41, 5.74) is 0. The maximum Gasteiger partial charge on any atom is 0.440 e. The van der Waals surface area contributed by atoms with E-state index < -0.39 is 5.37 Å². The van der Waals surface area contributed by atoms with E-state index in [4.69, 9.17) is 0 Å². The maximum absolute atomic E-state index is 9.62. The second kappa shape index (κ2) is 15.8. The van der Waals surface area contributed by atoms with Crippen molar-refractivity contribution in [1.82, 2.24) is 6.15 Å². The van der Waals surface area contributed by atoms with E-state index in [2.05, 4.69) is 0 Å². The smallest absolute Gasteiger partial charge is 0.440 e. The Morgan fingerprint density at radius 1 is 0.700 bits per heavy atom. The van der Waals surface area contributed by atoms with Crippen LogP contribution < -0.4 is 10.9 Å². The zero-order chi connectivity index (χ0) is 4.50. The minimum absolute atomic E-state index is 0. The summed E-state index contributed by atoms with van der Waals surface area (Å²) in [4.78, 5) is 0. The lowest BCUT2D eigenvalue weighted by Gasteiger charge is -1.71. The van der Waals surface area contributed by atoms with E-state index >= 15 is 0 Å². The molecule has 0 aromatic heterocycles. The second-order valence-electron chi connectivity index (χ2n) is 0.383. The van der Waals surface area contributed by atoms with Gasteiger partial charge in [0.15, 0.2) is 0 Å². The van der Waals surface area contributed by atoms with Crippen molar-refractivity contribution in [3.05, 3.63) is 0 Å². The van der Waals surface area contributed by atoms with Gasteiger partial charge in [-0.3, -0.25) is 14.1 Å². The molecule has 0 saturated heterocycles. The van der Waals surface area contributed by atoms with Crippen LogP contribution in [0.15, 0.2) is 0 Å². The van der Waals surface area contributed by atoms with Crippen molar-refractivity contribution in [3.8, 4) is 0 Å². The van der Waals surface area contributed by atoms with Crippen LogP contribution in [0.4, 0.5) is 32.0 Å². The van der Waals surface area contributed by atoms with Gasteiger partial charge in [-0.1, -0.05) is 0 Å². The third-order valence-electron chi connectivity index (χ3n) is 0. The topological polar surface area (TPSA) is 35.0 Å². The molecule has 10 heavy (non-hydrogen) atoms. The summed E-state index contributed by atoms with van der Waals surface area (Å²) in [6, 6.07) is 0. The molecule has 0 saturated carbocycles. The molecule has 0 atom stereocenters. The zero-order valence-corrected chi connectivity index (χ0v) is 4.27. The minimum Gasteiger partial charge on any atom is -1.00 e. The standard InChI is InChI=1S/F4N.4FH.H3N/c1-5(2,3)4;;;;;/h;4*1H;1H3/q+1;;;;;/p-1. The van der Waals surface area contributed by atoms with Crippen molar-refractivity contribution in [1.29, 1.82) is 0 Å². The third kappa shape index (κ3) is 727. The van der Waals surface area contributed by atoms with E-state index in [0.717, 1.165) is 0 Å². The lowest BCUT2D eigenvalue weighted by atomic mass is 13.3. The molecule has 0 aliphatic heterocycles. The van der Waals surface area contributed by atoms with Gasteiger partial charge in [-0.05, 0) is 0 Å². The van der Waals surface area contributed by atoms with Crippen molar-refractivity contribution >= 4 is 0 Å². The third-order valence-corrected chi connectivity index (χ3v) is 0. The Kier molecular flexibility index (Phi) is 91.3. The molecule has 0 aliphatic carbocycles. The predicted octanol–water partition coefficient (Wildman–Crippen LogP) is -1.04. The molecule has 0 aromatic carbocycles. The number of hydrogen-bond acceptors (Lipinski definition) is 1. The summed E-state index contributed by atoms with van der Waals surface area (Å²) in [7, 11) is 0. The molecule has 0 fully saturated rings. The van der Waals surface area contributed by atoms with Gasteiger partial charge in [-0.2, -0.15) is 0 Å². The molecule has 0 spiro atoms. The highest BCUT2D eigenvalue weighted by Crippen LogP contribution is 2.08. The summed E-state index contributed by atoms with van der Waals surface area (Å²) < 4.78 is 38.5. The Morgan fingerprint density at radius 2 is 0.700 bits per heavy atom. The van der Waals surface area contributed by atoms with Gasteiger partial charge in [0.25, 0.3) is 0 Å². The van der Waals surface area contributed by atoms with E-state index in [1.807, 2.05) is 0 Å². The molecule has 10 heteroatoms. The number of nitrogens with zero attached hydrogens (tertiary/aromatic N) is 1. The first-order valence-corrected chi connectivity index (χ1v) is 0.676. The van der Waals surface area contributed by atoms with Crippen LogP contribution in [0.3, 0.4) is 0 Å². The second-order valence-corrected chi connectivity index (χ2v) is 0.383. The van der Waals surface area contributed by atoms with Crippen molar-refractivity contribution in [3.63, 3.8) is 0 Å². The number of rotatable bonds is 0. The molecule has 0 aliphatic rings. The fraction of sp³-hybridized carbons (Fsp3) is 0. The first kappa shape index (κ1) is 57.9. The molecule has 0 heterocycles. The van der Waals surface area contributed by atoms with E-state index in [9.17, 15) is 17.9 Å². The molecule has 72 valence electrons. The van der Waals surface area contributed by atoms with Crippen LogP contribution in [-0.4, -0.2) is 5.37 Å². The molecular formula is H6F8N2. The monoisotopic (exact) mass is 186 g/mol. The van der Waals surface area contributed by atoms with Gasteiger partial charge in [-0.15, -0.1) is 0 Å². The highest BCUT2D eigenvalue weighted by atomic mass is 19.7. The van der Waals surface area contributed by atoms with Crippen LogP contribution in [0.2, 0.25) is 0 Å². The van der Waals surface area contributed by atoms with Crippen LogP contribution in [0.25, 0.3) is 0 Å². The molecular weight excluding hydrogens is 180 g/mol. The molecule has 0 radical (unpaired) electrons. The summed E-state index contributed by atoms with van der Waals surface area (Å²) >= 11 is 0. The van der Waals surface area contributed by atoms with Gasteiger partial charge in [0.05, 0.1) is 0 Å². The zero-order valence-electron chi connectivity index (χ0n) is 4.27. The van der Waals surface area contributed by atoms with Gasteiger partial charge in [0.1, 0.15) is 17.9 Å². The Balaban J connectivity index is -0.00000000800. The van der Waals surface area contributed by atoms with Crippen LogP contribution in [-0.2, 0) is 0 Å². The average molecular weight is 186 g/mol.